The molecule has 3 aromatic heterocycles. The number of anilines is 3. The fourth-order valence-corrected chi connectivity index (χ4v) is 11.8. The highest BCUT2D eigenvalue weighted by molar-refractivity contribution is 7.22. The number of amides is 3. The lowest BCUT2D eigenvalue weighted by atomic mass is 9.89. The molecule has 17 heteroatoms. The standard InChI is InChI=1S/C55H58N10O6S/c1-61-46-32-39(13-16-42(46)51(60-61)43-17-19-49(66)58-53(43)68)64-30-28-63(29-31-64)24-5-23-62-25-20-36(21-26-62)35-10-14-40(15-11-35)71-34-38-12-18-48(57-50(38)54(69)70)65-27-22-37-6-4-7-41(44(37)33-65)52(67)59-55-56-45-8-2-3-9-47(45)72-55/h2-4,6-16,18,32,36,43H,5,17,19-31,33-34H2,1H3,(H,69,70)(H,56,59,67)(H,58,66,68). The first-order valence-corrected chi connectivity index (χ1v) is 25.9. The second-order valence-corrected chi connectivity index (χ2v) is 20.4. The van der Waals surface area contributed by atoms with Crippen molar-refractivity contribution in [3.8, 4) is 5.75 Å². The molecule has 4 aliphatic rings. The van der Waals surface area contributed by atoms with Crippen molar-refractivity contribution in [2.24, 2.45) is 7.05 Å². The maximum absolute atomic E-state index is 13.6. The van der Waals surface area contributed by atoms with Gasteiger partial charge in [-0.3, -0.25) is 34.6 Å². The zero-order valence-electron chi connectivity index (χ0n) is 40.4. The number of ether oxygens (including phenoxy) is 1. The number of benzene rings is 4. The number of aromatic nitrogens is 4. The predicted molar refractivity (Wildman–Crippen MR) is 278 cm³/mol. The molecule has 3 N–H and O–H groups in total. The third-order valence-corrected chi connectivity index (χ3v) is 15.9. The summed E-state index contributed by atoms with van der Waals surface area (Å²) in [5, 5.41) is 21.9. The van der Waals surface area contributed by atoms with Gasteiger partial charge in [0.1, 0.15) is 18.2 Å². The summed E-state index contributed by atoms with van der Waals surface area (Å²) in [6.07, 6.45) is 4.87. The Bertz CT molecular complexity index is 3140. The molecule has 3 fully saturated rings. The van der Waals surface area contributed by atoms with E-state index in [2.05, 4.69) is 65.6 Å². The summed E-state index contributed by atoms with van der Waals surface area (Å²) in [5.74, 6) is -0.527. The number of carbonyl (C=O) groups is 4. The number of fused-ring (bicyclic) bond motifs is 3. The van der Waals surface area contributed by atoms with Crippen LogP contribution in [0, 0.1) is 0 Å². The molecule has 0 bridgehead atoms. The Morgan fingerprint density at radius 1 is 0.819 bits per heavy atom. The Morgan fingerprint density at radius 3 is 2.39 bits per heavy atom. The van der Waals surface area contributed by atoms with E-state index in [4.69, 9.17) is 9.84 Å². The Balaban J connectivity index is 0.623. The summed E-state index contributed by atoms with van der Waals surface area (Å²) < 4.78 is 9.00. The minimum absolute atomic E-state index is 0.0492. The Labute approximate surface area is 421 Å². The summed E-state index contributed by atoms with van der Waals surface area (Å²) in [5.41, 5.74) is 8.03. The number of rotatable bonds is 14. The number of carbonyl (C=O) groups excluding carboxylic acids is 3. The number of pyridine rings is 1. The van der Waals surface area contributed by atoms with Gasteiger partial charge in [0.15, 0.2) is 10.8 Å². The fraction of sp³-hybridized carbons (Fsp3) is 0.364. The van der Waals surface area contributed by atoms with E-state index in [1.165, 1.54) is 22.6 Å². The van der Waals surface area contributed by atoms with E-state index in [1.807, 2.05) is 77.3 Å². The van der Waals surface area contributed by atoms with Crippen LogP contribution in [-0.4, -0.2) is 117 Å². The fourth-order valence-electron chi connectivity index (χ4n) is 11.0. The number of nitrogens with zero attached hydrogens (tertiary/aromatic N) is 8. The van der Waals surface area contributed by atoms with Gasteiger partial charge in [-0.15, -0.1) is 0 Å². The van der Waals surface area contributed by atoms with Gasteiger partial charge in [-0.2, -0.15) is 5.10 Å². The van der Waals surface area contributed by atoms with E-state index < -0.39 is 11.9 Å². The summed E-state index contributed by atoms with van der Waals surface area (Å²) in [6, 6.07) is 31.8. The van der Waals surface area contributed by atoms with Crippen molar-refractivity contribution in [1.82, 2.24) is 34.9 Å². The predicted octanol–water partition coefficient (Wildman–Crippen LogP) is 7.58. The molecular formula is C55H58N10O6S. The molecule has 7 heterocycles. The second-order valence-electron chi connectivity index (χ2n) is 19.4. The molecule has 72 heavy (non-hydrogen) atoms. The summed E-state index contributed by atoms with van der Waals surface area (Å²) in [6.45, 7) is 9.40. The van der Waals surface area contributed by atoms with Gasteiger partial charge in [0.2, 0.25) is 11.8 Å². The van der Waals surface area contributed by atoms with Crippen LogP contribution in [0.15, 0.2) is 97.1 Å². The van der Waals surface area contributed by atoms with Crippen molar-refractivity contribution in [3.05, 3.63) is 136 Å². The first kappa shape index (κ1) is 47.1. The third-order valence-electron chi connectivity index (χ3n) is 15.0. The van der Waals surface area contributed by atoms with Crippen molar-refractivity contribution >= 4 is 72.8 Å². The summed E-state index contributed by atoms with van der Waals surface area (Å²) >= 11 is 1.43. The van der Waals surface area contributed by atoms with Gasteiger partial charge in [0.05, 0.1) is 27.3 Å². The molecule has 4 aromatic carbocycles. The number of carboxylic acid groups (broad SMARTS) is 1. The van der Waals surface area contributed by atoms with E-state index in [9.17, 15) is 24.3 Å². The lowest BCUT2D eigenvalue weighted by Crippen LogP contribution is -2.47. The van der Waals surface area contributed by atoms with E-state index in [-0.39, 0.29) is 30.0 Å². The molecule has 1 atom stereocenters. The number of piperazine rings is 1. The monoisotopic (exact) mass is 986 g/mol. The highest BCUT2D eigenvalue weighted by Gasteiger charge is 2.32. The van der Waals surface area contributed by atoms with Crippen LogP contribution in [0.3, 0.4) is 0 Å². The topological polar surface area (TPSA) is 178 Å². The number of imide groups is 1. The van der Waals surface area contributed by atoms with Crippen LogP contribution in [0.2, 0.25) is 0 Å². The van der Waals surface area contributed by atoms with Gasteiger partial charge in [-0.05, 0) is 142 Å². The van der Waals surface area contributed by atoms with Crippen LogP contribution in [0.4, 0.5) is 16.6 Å². The van der Waals surface area contributed by atoms with Crippen LogP contribution in [0.1, 0.15) is 92.7 Å². The normalized spacial score (nSPS) is 18.1. The number of piperidine rings is 2. The van der Waals surface area contributed by atoms with Crippen LogP contribution in [-0.2, 0) is 36.2 Å². The van der Waals surface area contributed by atoms with Crippen LogP contribution >= 0.6 is 11.3 Å². The SMILES string of the molecule is Cn1nc(C2CCC(=O)NC2=O)c2ccc(N3CCN(CCCN4CCC(c5ccc(OCc6ccc(N7CCc8cccc(C(=O)Nc9nc%10ccccc%10s9)c8C7)nc6C(=O)O)cc5)CC4)CC3)cc21. The maximum atomic E-state index is 13.6. The average molecular weight is 987 g/mol. The first-order chi connectivity index (χ1) is 35.1. The molecule has 3 saturated heterocycles. The molecule has 0 saturated carbocycles. The Hall–Kier alpha value is -7.21. The van der Waals surface area contributed by atoms with Gasteiger partial charge in [0, 0.05) is 74.9 Å². The van der Waals surface area contributed by atoms with E-state index in [0.29, 0.717) is 66.1 Å². The highest BCUT2D eigenvalue weighted by atomic mass is 32.1. The molecule has 16 nitrogen and oxygen atoms in total. The van der Waals surface area contributed by atoms with Crippen molar-refractivity contribution < 1.29 is 29.0 Å². The number of carboxylic acids is 1. The summed E-state index contributed by atoms with van der Waals surface area (Å²) in [7, 11) is 1.92. The number of likely N-dealkylation sites (tertiary alicyclic amines) is 1. The Morgan fingerprint density at radius 2 is 1.61 bits per heavy atom. The first-order valence-electron chi connectivity index (χ1n) is 25.1. The second kappa shape index (κ2) is 20.5. The van der Waals surface area contributed by atoms with Gasteiger partial charge >= 0.3 is 5.97 Å². The number of aryl methyl sites for hydroxylation is 1. The van der Waals surface area contributed by atoms with Gasteiger partial charge in [-0.25, -0.2) is 14.8 Å². The molecule has 11 rings (SSSR count). The molecule has 0 aliphatic carbocycles. The summed E-state index contributed by atoms with van der Waals surface area (Å²) in [4.78, 5) is 69.3. The van der Waals surface area contributed by atoms with Crippen LogP contribution in [0.5, 0.6) is 5.75 Å². The zero-order valence-corrected chi connectivity index (χ0v) is 41.2. The van der Waals surface area contributed by atoms with Crippen LogP contribution in [0.25, 0.3) is 21.1 Å². The molecule has 4 aliphatic heterocycles. The molecule has 1 unspecified atom stereocenters. The average Bonchev–Trinajstić information content (AvgIpc) is 3.97. The van der Waals surface area contributed by atoms with Crippen molar-refractivity contribution in [3.63, 3.8) is 0 Å². The smallest absolute Gasteiger partial charge is 0.354 e. The number of thiazole rings is 1. The lowest BCUT2D eigenvalue weighted by molar-refractivity contribution is -0.134. The van der Waals surface area contributed by atoms with Gasteiger partial charge in [0.25, 0.3) is 5.91 Å². The minimum atomic E-state index is -1.12. The number of hydrogen-bond acceptors (Lipinski definition) is 13. The highest BCUT2D eigenvalue weighted by Crippen LogP contribution is 2.34. The zero-order chi connectivity index (χ0) is 49.3. The Kier molecular flexibility index (Phi) is 13.4. The molecule has 7 aromatic rings. The number of aromatic carboxylic acids is 1. The number of hydrogen-bond donors (Lipinski definition) is 3. The van der Waals surface area contributed by atoms with Gasteiger partial charge < -0.3 is 24.5 Å². The molecule has 0 spiro atoms. The van der Waals surface area contributed by atoms with Crippen LogP contribution < -0.4 is 25.2 Å². The number of nitrogens with one attached hydrogen (secondary N) is 2. The van der Waals surface area contributed by atoms with Crippen molar-refractivity contribution in [1.29, 1.82) is 0 Å². The molecule has 0 radical (unpaired) electrons. The number of para-hydroxylation sites is 1. The quantitative estimate of drug-likeness (QED) is 0.0910. The van der Waals surface area contributed by atoms with Crippen molar-refractivity contribution in [2.45, 2.75) is 63.5 Å². The van der Waals surface area contributed by atoms with E-state index >= 15 is 0 Å². The van der Waals surface area contributed by atoms with E-state index in [0.717, 1.165) is 110 Å². The molecule has 3 amide bonds. The van der Waals surface area contributed by atoms with Crippen molar-refractivity contribution in [2.75, 3.05) is 74.0 Å². The minimum Gasteiger partial charge on any atom is -0.489 e. The maximum Gasteiger partial charge on any atom is 0.354 e. The molecule has 370 valence electrons. The van der Waals surface area contributed by atoms with Gasteiger partial charge in [-0.1, -0.05) is 47.7 Å². The third kappa shape index (κ3) is 10.0. The van der Waals surface area contributed by atoms with E-state index in [1.54, 1.807) is 6.07 Å². The lowest BCUT2D eigenvalue weighted by Gasteiger charge is -2.37. The molecular weight excluding hydrogens is 929 g/mol. The largest absolute Gasteiger partial charge is 0.489 e.